The molecule has 1 aromatic carbocycles. The average Bonchev–Trinajstić information content (AvgIpc) is 2.72. The van der Waals surface area contributed by atoms with Crippen molar-refractivity contribution in [3.8, 4) is 11.8 Å². The van der Waals surface area contributed by atoms with Crippen molar-refractivity contribution in [2.45, 2.75) is 31.0 Å². The van der Waals surface area contributed by atoms with Crippen molar-refractivity contribution < 1.29 is 10.2 Å². The van der Waals surface area contributed by atoms with Gasteiger partial charge in [-0.3, -0.25) is 4.90 Å². The number of rotatable bonds is 3. The van der Waals surface area contributed by atoms with E-state index >= 15 is 0 Å². The van der Waals surface area contributed by atoms with Gasteiger partial charge in [0.2, 0.25) is 0 Å². The zero-order valence-electron chi connectivity index (χ0n) is 16.6. The van der Waals surface area contributed by atoms with Crippen LogP contribution < -0.4 is 4.90 Å². The van der Waals surface area contributed by atoms with Crippen LogP contribution in [0.2, 0.25) is 0 Å². The van der Waals surface area contributed by atoms with Gasteiger partial charge in [0.1, 0.15) is 11.4 Å². The Kier molecular flexibility index (Phi) is 4.79. The second-order valence-corrected chi connectivity index (χ2v) is 8.61. The van der Waals surface area contributed by atoms with Crippen molar-refractivity contribution in [1.82, 2.24) is 9.88 Å². The van der Waals surface area contributed by atoms with Crippen LogP contribution in [0.1, 0.15) is 29.7 Å². The first-order chi connectivity index (χ1) is 14.1. The van der Waals surface area contributed by atoms with E-state index in [0.29, 0.717) is 26.1 Å². The molecule has 5 heteroatoms. The van der Waals surface area contributed by atoms with Crippen molar-refractivity contribution in [2.24, 2.45) is 5.92 Å². The first-order valence-corrected chi connectivity index (χ1v) is 10.5. The molecule has 0 saturated carbocycles. The molecule has 1 atom stereocenters. The quantitative estimate of drug-likeness (QED) is 0.782. The maximum Gasteiger partial charge on any atom is 0.141 e. The summed E-state index contributed by atoms with van der Waals surface area (Å²) in [7, 11) is 0. The fourth-order valence-electron chi connectivity index (χ4n) is 4.70. The van der Waals surface area contributed by atoms with Crippen molar-refractivity contribution in [3.63, 3.8) is 0 Å². The SMILES string of the molecule is OC1CN(c2ccc(C#C[C@@]3(O)CN4CCC3CC4)c(Cc3ccccc3)n2)C1. The number of aliphatic hydroxyl groups excluding tert-OH is 1. The number of piperidine rings is 3. The predicted molar refractivity (Wildman–Crippen MR) is 113 cm³/mol. The third-order valence-electron chi connectivity index (χ3n) is 6.50. The summed E-state index contributed by atoms with van der Waals surface area (Å²) in [6.45, 7) is 4.05. The molecule has 0 spiro atoms. The molecule has 5 heterocycles. The second kappa shape index (κ2) is 7.46. The lowest BCUT2D eigenvalue weighted by molar-refractivity contribution is -0.0713. The van der Waals surface area contributed by atoms with E-state index < -0.39 is 5.60 Å². The lowest BCUT2D eigenvalue weighted by Crippen LogP contribution is -2.58. The largest absolute Gasteiger partial charge is 0.389 e. The Morgan fingerprint density at radius 2 is 1.83 bits per heavy atom. The first-order valence-electron chi connectivity index (χ1n) is 10.5. The van der Waals surface area contributed by atoms with Gasteiger partial charge in [-0.05, 0) is 43.6 Å². The standard InChI is InChI=1S/C24H27N3O2/c28-21-15-27(16-21)23-7-6-19(22(25-23)14-18-4-2-1-3-5-18)8-11-24(29)17-26-12-9-20(24)10-13-26/h1-7,20-21,28-29H,9-10,12-17H2/t24-/m1/s1. The number of benzene rings is 1. The second-order valence-electron chi connectivity index (χ2n) is 8.61. The number of aliphatic hydroxyl groups is 2. The molecule has 4 aliphatic rings. The van der Waals surface area contributed by atoms with Gasteiger partial charge in [-0.1, -0.05) is 42.2 Å². The van der Waals surface area contributed by atoms with Crippen LogP contribution in [0.4, 0.5) is 5.82 Å². The van der Waals surface area contributed by atoms with Gasteiger partial charge in [-0.15, -0.1) is 0 Å². The van der Waals surface area contributed by atoms with E-state index in [1.54, 1.807) is 0 Å². The van der Waals surface area contributed by atoms with E-state index in [-0.39, 0.29) is 12.0 Å². The average molecular weight is 389 g/mol. The molecule has 0 aliphatic carbocycles. The summed E-state index contributed by atoms with van der Waals surface area (Å²) < 4.78 is 0. The molecule has 1 aromatic heterocycles. The molecule has 5 nitrogen and oxygen atoms in total. The summed E-state index contributed by atoms with van der Waals surface area (Å²) in [5.74, 6) is 7.66. The predicted octanol–water partition coefficient (Wildman–Crippen LogP) is 1.66. The van der Waals surface area contributed by atoms with Crippen LogP contribution in [0.15, 0.2) is 42.5 Å². The third-order valence-corrected chi connectivity index (χ3v) is 6.50. The minimum Gasteiger partial charge on any atom is -0.389 e. The minimum absolute atomic E-state index is 0.264. The monoisotopic (exact) mass is 389 g/mol. The van der Waals surface area contributed by atoms with Crippen LogP contribution in [0.5, 0.6) is 0 Å². The Morgan fingerprint density at radius 3 is 2.48 bits per heavy atom. The molecular weight excluding hydrogens is 362 g/mol. The number of nitrogens with zero attached hydrogens (tertiary/aromatic N) is 3. The topological polar surface area (TPSA) is 59.8 Å². The first kappa shape index (κ1) is 18.6. The molecule has 6 rings (SSSR count). The van der Waals surface area contributed by atoms with Gasteiger partial charge in [-0.25, -0.2) is 4.98 Å². The summed E-state index contributed by atoms with van der Waals surface area (Å²) in [5, 5.41) is 20.8. The molecule has 0 radical (unpaired) electrons. The highest BCUT2D eigenvalue weighted by molar-refractivity contribution is 5.50. The number of hydrogen-bond acceptors (Lipinski definition) is 5. The van der Waals surface area contributed by atoms with E-state index in [2.05, 4.69) is 33.8 Å². The number of anilines is 1. The minimum atomic E-state index is -0.916. The van der Waals surface area contributed by atoms with Crippen LogP contribution >= 0.6 is 0 Å². The van der Waals surface area contributed by atoms with Gasteiger partial charge in [-0.2, -0.15) is 0 Å². The number of pyridine rings is 1. The molecule has 2 aromatic rings. The third kappa shape index (κ3) is 3.76. The van der Waals surface area contributed by atoms with Crippen LogP contribution in [-0.2, 0) is 6.42 Å². The van der Waals surface area contributed by atoms with Gasteiger partial charge in [0.25, 0.3) is 0 Å². The van der Waals surface area contributed by atoms with Crippen LogP contribution in [0.3, 0.4) is 0 Å². The number of β-amino-alcohol motifs (C(OH)–C–C–N with tert-alkyl or cyclic N) is 1. The van der Waals surface area contributed by atoms with E-state index in [0.717, 1.165) is 43.0 Å². The zero-order chi connectivity index (χ0) is 19.8. The number of fused-ring (bicyclic) bond motifs is 3. The summed E-state index contributed by atoms with van der Waals surface area (Å²) >= 11 is 0. The van der Waals surface area contributed by atoms with Crippen molar-refractivity contribution >= 4 is 5.82 Å². The lowest BCUT2D eigenvalue weighted by Gasteiger charge is -2.47. The highest BCUT2D eigenvalue weighted by atomic mass is 16.3. The zero-order valence-corrected chi connectivity index (χ0v) is 16.6. The fraction of sp³-hybridized carbons (Fsp3) is 0.458. The Balaban J connectivity index is 1.46. The molecule has 0 amide bonds. The summed E-state index contributed by atoms with van der Waals surface area (Å²) in [6.07, 6.45) is 2.48. The van der Waals surface area contributed by atoms with E-state index in [1.807, 2.05) is 30.3 Å². The summed E-state index contributed by atoms with van der Waals surface area (Å²) in [4.78, 5) is 9.28. The van der Waals surface area contributed by atoms with Crippen molar-refractivity contribution in [3.05, 3.63) is 59.3 Å². The molecule has 4 fully saturated rings. The highest BCUT2D eigenvalue weighted by Crippen LogP contribution is 2.35. The van der Waals surface area contributed by atoms with Crippen LogP contribution in [-0.4, -0.2) is 64.5 Å². The number of aromatic nitrogens is 1. The number of hydrogen-bond donors (Lipinski definition) is 2. The van der Waals surface area contributed by atoms with Crippen LogP contribution in [0, 0.1) is 17.8 Å². The van der Waals surface area contributed by atoms with Gasteiger partial charge in [0, 0.05) is 37.5 Å². The van der Waals surface area contributed by atoms with Crippen molar-refractivity contribution in [2.75, 3.05) is 37.6 Å². The molecule has 29 heavy (non-hydrogen) atoms. The molecule has 2 N–H and O–H groups in total. The molecule has 150 valence electrons. The van der Waals surface area contributed by atoms with Gasteiger partial charge in [0.05, 0.1) is 11.8 Å². The molecule has 2 bridgehead atoms. The maximum atomic E-state index is 11.2. The van der Waals surface area contributed by atoms with Crippen molar-refractivity contribution in [1.29, 1.82) is 0 Å². The smallest absolute Gasteiger partial charge is 0.141 e. The fourth-order valence-corrected chi connectivity index (χ4v) is 4.70. The van der Waals surface area contributed by atoms with Crippen LogP contribution in [0.25, 0.3) is 0 Å². The van der Waals surface area contributed by atoms with Gasteiger partial charge >= 0.3 is 0 Å². The summed E-state index contributed by atoms with van der Waals surface area (Å²) in [5.41, 5.74) is 2.07. The Labute approximate surface area is 172 Å². The Morgan fingerprint density at radius 1 is 1.07 bits per heavy atom. The van der Waals surface area contributed by atoms with Gasteiger partial charge in [0.15, 0.2) is 0 Å². The Bertz CT molecular complexity index is 938. The summed E-state index contributed by atoms with van der Waals surface area (Å²) in [6, 6.07) is 14.3. The van der Waals surface area contributed by atoms with Gasteiger partial charge < -0.3 is 15.1 Å². The van der Waals surface area contributed by atoms with E-state index in [1.165, 1.54) is 5.56 Å². The molecule has 4 saturated heterocycles. The highest BCUT2D eigenvalue weighted by Gasteiger charge is 2.44. The van der Waals surface area contributed by atoms with E-state index in [9.17, 15) is 10.2 Å². The molecule has 0 unspecified atom stereocenters. The molecule has 4 aliphatic heterocycles. The van der Waals surface area contributed by atoms with E-state index in [4.69, 9.17) is 4.98 Å². The lowest BCUT2D eigenvalue weighted by atomic mass is 9.75. The Hall–Kier alpha value is -2.39. The maximum absolute atomic E-state index is 11.2. The molecular formula is C24H27N3O2. The normalized spacial score (nSPS) is 28.6.